The van der Waals surface area contributed by atoms with Crippen molar-refractivity contribution < 1.29 is 14.2 Å². The van der Waals surface area contributed by atoms with Crippen LogP contribution >= 0.6 is 0 Å². The fourth-order valence-electron chi connectivity index (χ4n) is 2.01. The predicted octanol–water partition coefficient (Wildman–Crippen LogP) is 2.23. The van der Waals surface area contributed by atoms with E-state index in [1.165, 1.54) is 12.1 Å². The van der Waals surface area contributed by atoms with Gasteiger partial charge < -0.3 is 15.0 Å². The first-order valence-corrected chi connectivity index (χ1v) is 6.50. The van der Waals surface area contributed by atoms with Gasteiger partial charge in [-0.3, -0.25) is 10.1 Å². The first-order valence-electron chi connectivity index (χ1n) is 6.50. The third-order valence-electron chi connectivity index (χ3n) is 4.05. The van der Waals surface area contributed by atoms with E-state index in [1.54, 1.807) is 12.1 Å². The fraction of sp³-hybridized carbons (Fsp3) is 0.538. The summed E-state index contributed by atoms with van der Waals surface area (Å²) >= 11 is 0. The lowest BCUT2D eigenvalue weighted by molar-refractivity contribution is -0.384. The van der Waals surface area contributed by atoms with Gasteiger partial charge in [0.15, 0.2) is 0 Å². The Morgan fingerprint density at radius 2 is 1.60 bits per heavy atom. The van der Waals surface area contributed by atoms with Crippen molar-refractivity contribution in [3.05, 3.63) is 39.9 Å². The minimum Gasteiger partial charge on any atom is -0.402 e. The highest BCUT2D eigenvalue weighted by Crippen LogP contribution is 2.39. The van der Waals surface area contributed by atoms with Crippen molar-refractivity contribution in [3.8, 4) is 0 Å². The average Bonchev–Trinajstić information content (AvgIpc) is 2.57. The van der Waals surface area contributed by atoms with Gasteiger partial charge in [0.25, 0.3) is 5.69 Å². The standard InChI is InChI=1S/C13H19BN2O4/c1-12(2)13(3,4)20-14(19-12)11(15)9-5-7-10(8-6-9)16(17)18/h5-8,11H,15H2,1-4H3/t11-/m0/s1. The molecule has 1 aliphatic rings. The summed E-state index contributed by atoms with van der Waals surface area (Å²) in [4.78, 5) is 10.2. The van der Waals surface area contributed by atoms with Crippen molar-refractivity contribution in [1.29, 1.82) is 0 Å². The molecule has 108 valence electrons. The Labute approximate surface area is 118 Å². The van der Waals surface area contributed by atoms with Crippen molar-refractivity contribution in [2.24, 2.45) is 5.73 Å². The Balaban J connectivity index is 2.17. The summed E-state index contributed by atoms with van der Waals surface area (Å²) in [5.41, 5.74) is 6.03. The van der Waals surface area contributed by atoms with E-state index >= 15 is 0 Å². The molecule has 0 aliphatic carbocycles. The van der Waals surface area contributed by atoms with Crippen molar-refractivity contribution in [1.82, 2.24) is 0 Å². The summed E-state index contributed by atoms with van der Waals surface area (Å²) in [5, 5.41) is 10.6. The van der Waals surface area contributed by atoms with Crippen molar-refractivity contribution in [2.45, 2.75) is 44.8 Å². The van der Waals surface area contributed by atoms with E-state index in [4.69, 9.17) is 15.0 Å². The molecule has 2 rings (SSSR count). The molecule has 1 heterocycles. The van der Waals surface area contributed by atoms with Crippen LogP contribution in [-0.2, 0) is 9.31 Å². The predicted molar refractivity (Wildman–Crippen MR) is 76.1 cm³/mol. The summed E-state index contributed by atoms with van der Waals surface area (Å²) in [6.07, 6.45) is 0. The summed E-state index contributed by atoms with van der Waals surface area (Å²) < 4.78 is 11.8. The molecule has 1 fully saturated rings. The smallest absolute Gasteiger partial charge is 0.402 e. The number of hydrogen-bond donors (Lipinski definition) is 1. The van der Waals surface area contributed by atoms with Crippen LogP contribution in [0.25, 0.3) is 0 Å². The van der Waals surface area contributed by atoms with E-state index in [-0.39, 0.29) is 5.69 Å². The highest BCUT2D eigenvalue weighted by Gasteiger charge is 2.53. The molecule has 0 spiro atoms. The normalized spacial score (nSPS) is 21.8. The highest BCUT2D eigenvalue weighted by molar-refractivity contribution is 6.47. The van der Waals surface area contributed by atoms with Crippen LogP contribution in [0, 0.1) is 10.1 Å². The molecule has 0 unspecified atom stereocenters. The molecule has 0 amide bonds. The van der Waals surface area contributed by atoms with E-state index in [0.717, 1.165) is 5.56 Å². The van der Waals surface area contributed by atoms with Crippen LogP contribution in [0.2, 0.25) is 0 Å². The number of hydrogen-bond acceptors (Lipinski definition) is 5. The quantitative estimate of drug-likeness (QED) is 0.520. The van der Waals surface area contributed by atoms with Crippen molar-refractivity contribution >= 4 is 12.8 Å². The van der Waals surface area contributed by atoms with Gasteiger partial charge in [-0.25, -0.2) is 0 Å². The maximum Gasteiger partial charge on any atom is 0.480 e. The molecule has 20 heavy (non-hydrogen) atoms. The summed E-state index contributed by atoms with van der Waals surface area (Å²) in [6.45, 7) is 7.82. The fourth-order valence-corrected chi connectivity index (χ4v) is 2.01. The van der Waals surface area contributed by atoms with Gasteiger partial charge in [-0.2, -0.15) is 0 Å². The van der Waals surface area contributed by atoms with Gasteiger partial charge in [0.2, 0.25) is 0 Å². The van der Waals surface area contributed by atoms with Crippen LogP contribution in [0.15, 0.2) is 24.3 Å². The second kappa shape index (κ2) is 4.84. The van der Waals surface area contributed by atoms with Crippen LogP contribution in [0.3, 0.4) is 0 Å². The molecule has 0 saturated carbocycles. The zero-order valence-corrected chi connectivity index (χ0v) is 12.1. The van der Waals surface area contributed by atoms with Gasteiger partial charge in [-0.05, 0) is 33.3 Å². The van der Waals surface area contributed by atoms with E-state index in [0.29, 0.717) is 0 Å². The van der Waals surface area contributed by atoms with Gasteiger partial charge in [-0.1, -0.05) is 12.1 Å². The summed E-state index contributed by atoms with van der Waals surface area (Å²) in [7, 11) is -0.568. The zero-order chi connectivity index (χ0) is 15.1. The van der Waals surface area contributed by atoms with Gasteiger partial charge in [0, 0.05) is 12.1 Å². The number of non-ortho nitro benzene ring substituents is 1. The lowest BCUT2D eigenvalue weighted by atomic mass is 9.75. The molecule has 1 saturated heterocycles. The van der Waals surface area contributed by atoms with Crippen LogP contribution in [0.1, 0.15) is 39.2 Å². The molecule has 1 aromatic carbocycles. The number of nitro benzene ring substituents is 1. The van der Waals surface area contributed by atoms with E-state index < -0.39 is 29.2 Å². The number of nitrogens with two attached hydrogens (primary N) is 1. The third-order valence-corrected chi connectivity index (χ3v) is 4.05. The first kappa shape index (κ1) is 15.0. The molecule has 2 N–H and O–H groups in total. The van der Waals surface area contributed by atoms with E-state index in [9.17, 15) is 10.1 Å². The maximum atomic E-state index is 10.6. The monoisotopic (exact) mass is 278 g/mol. The average molecular weight is 278 g/mol. The van der Waals surface area contributed by atoms with Crippen molar-refractivity contribution in [3.63, 3.8) is 0 Å². The van der Waals surface area contributed by atoms with Gasteiger partial charge in [0.1, 0.15) is 0 Å². The molecule has 0 aromatic heterocycles. The number of nitro groups is 1. The Kier molecular flexibility index (Phi) is 3.62. The Morgan fingerprint density at radius 3 is 2.00 bits per heavy atom. The molecule has 0 bridgehead atoms. The molecule has 1 atom stereocenters. The first-order chi connectivity index (χ1) is 9.14. The molecule has 0 radical (unpaired) electrons. The topological polar surface area (TPSA) is 87.6 Å². The lowest BCUT2D eigenvalue weighted by Crippen LogP contribution is -2.41. The third kappa shape index (κ3) is 2.56. The van der Waals surface area contributed by atoms with Crippen LogP contribution < -0.4 is 5.73 Å². The van der Waals surface area contributed by atoms with Crippen molar-refractivity contribution in [2.75, 3.05) is 0 Å². The Hall–Kier alpha value is -1.44. The zero-order valence-electron chi connectivity index (χ0n) is 12.1. The minimum atomic E-state index is -0.568. The lowest BCUT2D eigenvalue weighted by Gasteiger charge is -2.32. The summed E-state index contributed by atoms with van der Waals surface area (Å²) in [6, 6.07) is 6.13. The molecule has 1 aliphatic heterocycles. The Morgan fingerprint density at radius 1 is 1.15 bits per heavy atom. The number of nitrogens with zero attached hydrogens (tertiary/aromatic N) is 1. The van der Waals surface area contributed by atoms with Gasteiger partial charge >= 0.3 is 7.12 Å². The largest absolute Gasteiger partial charge is 0.480 e. The second-order valence-electron chi connectivity index (χ2n) is 6.00. The minimum absolute atomic E-state index is 0.0369. The number of benzene rings is 1. The molecule has 1 aromatic rings. The van der Waals surface area contributed by atoms with E-state index in [1.807, 2.05) is 27.7 Å². The van der Waals surface area contributed by atoms with E-state index in [2.05, 4.69) is 0 Å². The Bertz CT molecular complexity index is 500. The molecule has 6 nitrogen and oxygen atoms in total. The van der Waals surface area contributed by atoms with Crippen LogP contribution in [0.5, 0.6) is 0 Å². The SMILES string of the molecule is CC1(C)OB([C@@H](N)c2ccc([N+](=O)[O-])cc2)OC1(C)C. The van der Waals surface area contributed by atoms with Gasteiger partial charge in [-0.15, -0.1) is 0 Å². The van der Waals surface area contributed by atoms with Crippen LogP contribution in [-0.4, -0.2) is 23.2 Å². The highest BCUT2D eigenvalue weighted by atomic mass is 16.7. The summed E-state index contributed by atoms with van der Waals surface area (Å²) in [5.74, 6) is -0.489. The van der Waals surface area contributed by atoms with Gasteiger partial charge in [0.05, 0.1) is 22.1 Å². The molecular weight excluding hydrogens is 259 g/mol. The van der Waals surface area contributed by atoms with Crippen LogP contribution in [0.4, 0.5) is 5.69 Å². The maximum absolute atomic E-state index is 10.6. The molecule has 7 heteroatoms. The molecular formula is C13H19BN2O4. The second-order valence-corrected chi connectivity index (χ2v) is 6.00. The number of rotatable bonds is 3.